The van der Waals surface area contributed by atoms with Gasteiger partial charge in [-0.05, 0) is 24.3 Å². The van der Waals surface area contributed by atoms with E-state index in [1.165, 1.54) is 37.4 Å². The number of halogens is 1. The Balaban J connectivity index is 1.66. The highest BCUT2D eigenvalue weighted by Crippen LogP contribution is 2.25. The van der Waals surface area contributed by atoms with Gasteiger partial charge in [0.2, 0.25) is 10.9 Å². The molecular formula is C18H19FN4O5S. The van der Waals surface area contributed by atoms with E-state index in [1.807, 2.05) is 0 Å². The maximum Gasteiger partial charge on any atom is 0.272 e. The molecule has 1 aliphatic rings. The van der Waals surface area contributed by atoms with Crippen LogP contribution in [0.4, 0.5) is 10.1 Å². The van der Waals surface area contributed by atoms with Crippen LogP contribution in [0.25, 0.3) is 0 Å². The molecule has 29 heavy (non-hydrogen) atoms. The lowest BCUT2D eigenvalue weighted by Gasteiger charge is -2.34. The van der Waals surface area contributed by atoms with Crippen molar-refractivity contribution in [1.82, 2.24) is 14.8 Å². The van der Waals surface area contributed by atoms with E-state index in [0.29, 0.717) is 31.7 Å². The highest BCUT2D eigenvalue weighted by atomic mass is 32.2. The molecule has 0 spiro atoms. The SMILES string of the molecule is COc1cc(N[SH](=O)=O)ccc1C(=O)N1CCN(C(=O)c2ccc(F)cn2)CC1. The minimum absolute atomic E-state index is 0.146. The van der Waals surface area contributed by atoms with Crippen molar-refractivity contribution in [2.24, 2.45) is 0 Å². The Morgan fingerprint density at radius 3 is 2.28 bits per heavy atom. The fraction of sp³-hybridized carbons (Fsp3) is 0.278. The van der Waals surface area contributed by atoms with Gasteiger partial charge in [-0.3, -0.25) is 14.3 Å². The van der Waals surface area contributed by atoms with Crippen LogP contribution in [0.2, 0.25) is 0 Å². The van der Waals surface area contributed by atoms with Crippen LogP contribution < -0.4 is 9.46 Å². The first kappa shape index (κ1) is 20.5. The average Bonchev–Trinajstić information content (AvgIpc) is 2.73. The molecule has 11 heteroatoms. The summed E-state index contributed by atoms with van der Waals surface area (Å²) in [6.45, 7) is 1.23. The second-order valence-corrected chi connectivity index (χ2v) is 6.97. The number of rotatable bonds is 5. The van der Waals surface area contributed by atoms with E-state index in [1.54, 1.807) is 9.80 Å². The quantitative estimate of drug-likeness (QED) is 0.689. The van der Waals surface area contributed by atoms with Crippen LogP contribution in [-0.4, -0.2) is 68.3 Å². The molecule has 2 aromatic rings. The Bertz CT molecular complexity index is 980. The summed E-state index contributed by atoms with van der Waals surface area (Å²) in [4.78, 5) is 32.2. The van der Waals surface area contributed by atoms with E-state index in [9.17, 15) is 22.4 Å². The van der Waals surface area contributed by atoms with E-state index in [4.69, 9.17) is 4.74 Å². The Hall–Kier alpha value is -3.21. The van der Waals surface area contributed by atoms with Gasteiger partial charge in [-0.1, -0.05) is 0 Å². The zero-order valence-corrected chi connectivity index (χ0v) is 16.4. The molecule has 0 saturated carbocycles. The lowest BCUT2D eigenvalue weighted by atomic mass is 10.1. The first-order chi connectivity index (χ1) is 13.9. The Morgan fingerprint density at radius 2 is 1.72 bits per heavy atom. The summed E-state index contributed by atoms with van der Waals surface area (Å²) >= 11 is 0. The number of carbonyl (C=O) groups is 2. The second kappa shape index (κ2) is 8.86. The molecule has 2 heterocycles. The van der Waals surface area contributed by atoms with Crippen molar-refractivity contribution in [2.45, 2.75) is 0 Å². The minimum Gasteiger partial charge on any atom is -0.496 e. The Labute approximate surface area is 168 Å². The van der Waals surface area contributed by atoms with Gasteiger partial charge in [0.15, 0.2) is 0 Å². The van der Waals surface area contributed by atoms with Crippen LogP contribution in [0.3, 0.4) is 0 Å². The molecule has 3 rings (SSSR count). The first-order valence-corrected chi connectivity index (χ1v) is 9.86. The summed E-state index contributed by atoms with van der Waals surface area (Å²) in [5.41, 5.74) is 0.725. The highest BCUT2D eigenvalue weighted by molar-refractivity contribution is 7.73. The van der Waals surface area contributed by atoms with Gasteiger partial charge < -0.3 is 14.5 Å². The van der Waals surface area contributed by atoms with Gasteiger partial charge in [-0.25, -0.2) is 17.8 Å². The summed E-state index contributed by atoms with van der Waals surface area (Å²) < 4.78 is 42.0. The van der Waals surface area contributed by atoms with Crippen LogP contribution in [0.1, 0.15) is 20.8 Å². The van der Waals surface area contributed by atoms with Crippen LogP contribution in [-0.2, 0) is 10.9 Å². The molecule has 154 valence electrons. The molecule has 1 saturated heterocycles. The molecule has 9 nitrogen and oxygen atoms in total. The summed E-state index contributed by atoms with van der Waals surface area (Å²) in [7, 11) is -1.44. The predicted molar refractivity (Wildman–Crippen MR) is 103 cm³/mol. The number of amides is 2. The fourth-order valence-electron chi connectivity index (χ4n) is 2.99. The Morgan fingerprint density at radius 1 is 1.07 bits per heavy atom. The lowest BCUT2D eigenvalue weighted by molar-refractivity contribution is 0.0530. The normalized spacial score (nSPS) is 14.0. The van der Waals surface area contributed by atoms with Crippen molar-refractivity contribution in [2.75, 3.05) is 38.0 Å². The molecule has 0 atom stereocenters. The maximum absolute atomic E-state index is 13.0. The third kappa shape index (κ3) is 4.80. The fourth-order valence-corrected chi connectivity index (χ4v) is 3.34. The number of anilines is 1. The van der Waals surface area contributed by atoms with Crippen molar-refractivity contribution in [3.63, 3.8) is 0 Å². The van der Waals surface area contributed by atoms with E-state index < -0.39 is 16.7 Å². The van der Waals surface area contributed by atoms with E-state index >= 15 is 0 Å². The van der Waals surface area contributed by atoms with Gasteiger partial charge in [-0.2, -0.15) is 0 Å². The molecular weight excluding hydrogens is 403 g/mol. The molecule has 0 radical (unpaired) electrons. The summed E-state index contributed by atoms with van der Waals surface area (Å²) in [5.74, 6) is -0.885. The number of hydrogen-bond donors (Lipinski definition) is 2. The van der Waals surface area contributed by atoms with Gasteiger partial charge >= 0.3 is 0 Å². The van der Waals surface area contributed by atoms with Crippen LogP contribution in [0.5, 0.6) is 5.75 Å². The van der Waals surface area contributed by atoms with Gasteiger partial charge in [0.25, 0.3) is 11.8 Å². The van der Waals surface area contributed by atoms with Gasteiger partial charge in [0, 0.05) is 32.2 Å². The molecule has 1 aliphatic heterocycles. The average molecular weight is 422 g/mol. The molecule has 1 N–H and O–H groups in total. The van der Waals surface area contributed by atoms with E-state index in [0.717, 1.165) is 6.20 Å². The molecule has 1 aromatic carbocycles. The lowest BCUT2D eigenvalue weighted by Crippen LogP contribution is -2.50. The monoisotopic (exact) mass is 422 g/mol. The number of thiol groups is 1. The third-order valence-electron chi connectivity index (χ3n) is 4.45. The molecule has 0 unspecified atom stereocenters. The molecule has 0 bridgehead atoms. The number of hydrogen-bond acceptors (Lipinski definition) is 6. The molecule has 0 aliphatic carbocycles. The number of pyridine rings is 1. The summed E-state index contributed by atoms with van der Waals surface area (Å²) in [5, 5.41) is 0. The maximum atomic E-state index is 13.0. The van der Waals surface area contributed by atoms with Crippen LogP contribution in [0, 0.1) is 5.82 Å². The van der Waals surface area contributed by atoms with Crippen molar-refractivity contribution in [1.29, 1.82) is 0 Å². The van der Waals surface area contributed by atoms with E-state index in [-0.39, 0.29) is 28.9 Å². The molecule has 2 amide bonds. The summed E-state index contributed by atoms with van der Waals surface area (Å²) in [6, 6.07) is 6.89. The molecule has 1 aromatic heterocycles. The Kier molecular flexibility index (Phi) is 6.27. The van der Waals surface area contributed by atoms with Crippen molar-refractivity contribution < 1.29 is 27.1 Å². The van der Waals surface area contributed by atoms with Gasteiger partial charge in [-0.15, -0.1) is 0 Å². The number of benzene rings is 1. The number of methoxy groups -OCH3 is 1. The highest BCUT2D eigenvalue weighted by Gasteiger charge is 2.27. The standard InChI is InChI=1S/C18H19FN4O5S/c1-28-16-10-13(21-29(26)27)3-4-14(16)17(24)22-6-8-23(9-7-22)18(25)15-5-2-12(19)11-20-15/h2-5,10-11,29H,6-9H2,1H3,(H,21,26,27). The number of piperazine rings is 1. The van der Waals surface area contributed by atoms with Gasteiger partial charge in [0.1, 0.15) is 17.3 Å². The van der Waals surface area contributed by atoms with Crippen LogP contribution >= 0.6 is 0 Å². The van der Waals surface area contributed by atoms with E-state index in [2.05, 4.69) is 9.71 Å². The molecule has 1 fully saturated rings. The third-order valence-corrected chi connectivity index (χ3v) is 4.89. The first-order valence-electron chi connectivity index (χ1n) is 8.68. The number of carbonyl (C=O) groups excluding carboxylic acids is 2. The van der Waals surface area contributed by atoms with Crippen molar-refractivity contribution in [3.05, 3.63) is 53.6 Å². The summed E-state index contributed by atoms with van der Waals surface area (Å²) in [6.07, 6.45) is 0.987. The predicted octanol–water partition coefficient (Wildman–Crippen LogP) is 0.766. The number of aromatic nitrogens is 1. The van der Waals surface area contributed by atoms with Crippen molar-refractivity contribution >= 4 is 28.4 Å². The van der Waals surface area contributed by atoms with Crippen molar-refractivity contribution in [3.8, 4) is 5.75 Å². The largest absolute Gasteiger partial charge is 0.496 e. The van der Waals surface area contributed by atoms with Gasteiger partial charge in [0.05, 0.1) is 24.6 Å². The number of nitrogens with one attached hydrogen (secondary N) is 1. The zero-order valence-electron chi connectivity index (χ0n) is 15.5. The van der Waals surface area contributed by atoms with Crippen LogP contribution in [0.15, 0.2) is 36.5 Å². The number of nitrogens with zero attached hydrogens (tertiary/aromatic N) is 3. The zero-order chi connectivity index (χ0) is 21.0. The smallest absolute Gasteiger partial charge is 0.272 e. The minimum atomic E-state index is -2.83. The second-order valence-electron chi connectivity index (χ2n) is 6.23. The number of ether oxygens (including phenoxy) is 1. The topological polar surface area (TPSA) is 109 Å².